The van der Waals surface area contributed by atoms with E-state index in [2.05, 4.69) is 241 Å². The second kappa shape index (κ2) is 13.8. The van der Waals surface area contributed by atoms with E-state index in [9.17, 15) is 0 Å². The average Bonchev–Trinajstić information content (AvgIpc) is 3.83. The van der Waals surface area contributed by atoms with Crippen LogP contribution in [-0.2, 0) is 10.8 Å². The highest BCUT2D eigenvalue weighted by Crippen LogP contribution is 2.66. The van der Waals surface area contributed by atoms with Crippen LogP contribution in [0.4, 0.5) is 17.1 Å². The van der Waals surface area contributed by atoms with E-state index >= 15 is 0 Å². The van der Waals surface area contributed by atoms with Crippen molar-refractivity contribution in [3.8, 4) is 44.9 Å². The first-order valence-corrected chi connectivity index (χ1v) is 23.2. The molecule has 0 unspecified atom stereocenters. The molecule has 0 atom stereocenters. The lowest BCUT2D eigenvalue weighted by molar-refractivity contribution is 0.436. The number of benzene rings is 10. The molecule has 2 nitrogen and oxygen atoms in total. The molecule has 2 spiro atoms. The summed E-state index contributed by atoms with van der Waals surface area (Å²) in [6.45, 7) is 0. The van der Waals surface area contributed by atoms with Crippen LogP contribution in [0.1, 0.15) is 44.5 Å². The molecule has 304 valence electrons. The fourth-order valence-electron chi connectivity index (χ4n) is 12.0. The Kier molecular flexibility index (Phi) is 7.79. The van der Waals surface area contributed by atoms with Gasteiger partial charge in [0, 0.05) is 32.2 Å². The molecule has 14 rings (SSSR count). The lowest BCUT2D eigenvalue weighted by atomic mass is 9.66. The van der Waals surface area contributed by atoms with Crippen molar-refractivity contribution in [2.75, 3.05) is 4.90 Å². The quantitative estimate of drug-likeness (QED) is 0.175. The third-order valence-electron chi connectivity index (χ3n) is 14.4. The van der Waals surface area contributed by atoms with E-state index in [4.69, 9.17) is 4.74 Å². The summed E-state index contributed by atoms with van der Waals surface area (Å²) >= 11 is 1.90. The first-order valence-electron chi connectivity index (χ1n) is 22.4. The zero-order valence-corrected chi connectivity index (χ0v) is 36.1. The van der Waals surface area contributed by atoms with E-state index < -0.39 is 10.8 Å². The Morgan fingerprint density at radius 3 is 1.43 bits per heavy atom. The molecule has 2 aliphatic carbocycles. The molecular formula is C62H39NOS. The third-order valence-corrected chi connectivity index (χ3v) is 15.6. The summed E-state index contributed by atoms with van der Waals surface area (Å²) in [5.41, 5.74) is 19.8. The monoisotopic (exact) mass is 845 g/mol. The minimum atomic E-state index is -0.608. The molecule has 2 aliphatic heterocycles. The molecule has 0 radical (unpaired) electrons. The van der Waals surface area contributed by atoms with E-state index in [-0.39, 0.29) is 0 Å². The maximum atomic E-state index is 6.75. The van der Waals surface area contributed by atoms with Crippen LogP contribution in [0.25, 0.3) is 33.4 Å². The van der Waals surface area contributed by atoms with Crippen molar-refractivity contribution in [3.05, 3.63) is 281 Å². The fraction of sp³-hybridized carbons (Fsp3) is 0.0323. The number of hydrogen-bond donors (Lipinski definition) is 0. The standard InChI is InChI=1S/C62H39NOS/c1-2-19-40(20-3-1)42-21-7-14-32-55(42)63(41-37-38-46-45-24-6-10-27-49(45)62(54(46)39-41)50-28-11-15-34-57(50)64-58-35-16-12-29-51(58)62)56-33-18-31-53-60(56)65-59-36-17-13-30-52(59)61(53)47-25-8-4-22-43(47)44-23-5-9-26-48(44)61/h1-39H. The van der Waals surface area contributed by atoms with Crippen LogP contribution in [0.2, 0.25) is 0 Å². The zero-order valence-electron chi connectivity index (χ0n) is 35.3. The second-order valence-electron chi connectivity index (χ2n) is 17.4. The number of nitrogens with zero attached hydrogens (tertiary/aromatic N) is 1. The highest BCUT2D eigenvalue weighted by Gasteiger charge is 2.53. The van der Waals surface area contributed by atoms with Gasteiger partial charge in [-0.3, -0.25) is 0 Å². The van der Waals surface area contributed by atoms with Gasteiger partial charge in [-0.2, -0.15) is 0 Å². The minimum Gasteiger partial charge on any atom is -0.457 e. The molecule has 2 heterocycles. The summed E-state index contributed by atoms with van der Waals surface area (Å²) < 4.78 is 6.75. The van der Waals surface area contributed by atoms with E-state index in [1.54, 1.807) is 0 Å². The van der Waals surface area contributed by atoms with Gasteiger partial charge in [0.05, 0.1) is 22.2 Å². The third kappa shape index (κ3) is 4.86. The van der Waals surface area contributed by atoms with E-state index in [1.165, 1.54) is 76.6 Å². The van der Waals surface area contributed by atoms with E-state index in [1.807, 2.05) is 11.8 Å². The highest BCUT2D eigenvalue weighted by molar-refractivity contribution is 7.99. The first kappa shape index (κ1) is 36.6. The van der Waals surface area contributed by atoms with Crippen LogP contribution in [0.15, 0.2) is 246 Å². The second-order valence-corrected chi connectivity index (χ2v) is 18.5. The van der Waals surface area contributed by atoms with Gasteiger partial charge in [0.25, 0.3) is 0 Å². The lowest BCUT2D eigenvalue weighted by Crippen LogP contribution is -2.33. The van der Waals surface area contributed by atoms with Gasteiger partial charge in [-0.25, -0.2) is 0 Å². The minimum absolute atomic E-state index is 0.510. The smallest absolute Gasteiger partial charge is 0.132 e. The number of ether oxygens (including phenoxy) is 1. The number of hydrogen-bond acceptors (Lipinski definition) is 3. The summed E-state index contributed by atoms with van der Waals surface area (Å²) in [7, 11) is 0. The van der Waals surface area contributed by atoms with Crippen LogP contribution < -0.4 is 9.64 Å². The molecule has 0 saturated carbocycles. The number of anilines is 3. The van der Waals surface area contributed by atoms with Crippen molar-refractivity contribution in [1.29, 1.82) is 0 Å². The molecule has 4 aliphatic rings. The molecule has 0 amide bonds. The summed E-state index contributed by atoms with van der Waals surface area (Å²) in [6.07, 6.45) is 0. The normalized spacial score (nSPS) is 14.5. The Hall–Kier alpha value is -7.85. The van der Waals surface area contributed by atoms with Crippen molar-refractivity contribution < 1.29 is 4.74 Å². The highest BCUT2D eigenvalue weighted by atomic mass is 32.2. The van der Waals surface area contributed by atoms with Crippen molar-refractivity contribution >= 4 is 28.8 Å². The van der Waals surface area contributed by atoms with Gasteiger partial charge in [0.2, 0.25) is 0 Å². The van der Waals surface area contributed by atoms with Crippen LogP contribution in [0.3, 0.4) is 0 Å². The van der Waals surface area contributed by atoms with Gasteiger partial charge >= 0.3 is 0 Å². The van der Waals surface area contributed by atoms with Gasteiger partial charge in [0.1, 0.15) is 11.5 Å². The van der Waals surface area contributed by atoms with Gasteiger partial charge in [-0.15, -0.1) is 0 Å². The SMILES string of the molecule is c1ccc(-c2ccccc2N(c2ccc3c(c2)C2(c4ccccc4Oc4ccccc42)c2ccccc2-3)c2cccc3c2Sc2ccccc2C32c3ccccc3-c3ccccc32)cc1. The maximum Gasteiger partial charge on any atom is 0.132 e. The van der Waals surface area contributed by atoms with Crippen LogP contribution in [0, 0.1) is 0 Å². The Labute approximate surface area is 383 Å². The summed E-state index contributed by atoms with van der Waals surface area (Å²) in [4.78, 5) is 5.08. The van der Waals surface area contributed by atoms with E-state index in [0.717, 1.165) is 39.7 Å². The van der Waals surface area contributed by atoms with Crippen molar-refractivity contribution in [3.63, 3.8) is 0 Å². The first-order chi connectivity index (χ1) is 32.3. The maximum absolute atomic E-state index is 6.75. The predicted molar refractivity (Wildman–Crippen MR) is 265 cm³/mol. The molecular weight excluding hydrogens is 807 g/mol. The number of para-hydroxylation sites is 3. The molecule has 0 saturated heterocycles. The number of rotatable bonds is 4. The molecule has 0 bridgehead atoms. The molecule has 10 aromatic rings. The Balaban J connectivity index is 1.09. The molecule has 0 aromatic heterocycles. The summed E-state index contributed by atoms with van der Waals surface area (Å²) in [6, 6.07) is 87.5. The van der Waals surface area contributed by atoms with E-state index in [0.29, 0.717) is 0 Å². The largest absolute Gasteiger partial charge is 0.457 e. The van der Waals surface area contributed by atoms with Crippen molar-refractivity contribution in [1.82, 2.24) is 0 Å². The van der Waals surface area contributed by atoms with Crippen LogP contribution >= 0.6 is 11.8 Å². The molecule has 3 heteroatoms. The Bertz CT molecular complexity index is 3500. The van der Waals surface area contributed by atoms with Gasteiger partial charge in [0.15, 0.2) is 0 Å². The topological polar surface area (TPSA) is 12.5 Å². The van der Waals surface area contributed by atoms with Gasteiger partial charge < -0.3 is 9.64 Å². The summed E-state index contributed by atoms with van der Waals surface area (Å²) in [5.74, 6) is 1.78. The number of fused-ring (bicyclic) bond motifs is 18. The molecule has 0 N–H and O–H groups in total. The summed E-state index contributed by atoms with van der Waals surface area (Å²) in [5, 5.41) is 0. The van der Waals surface area contributed by atoms with Crippen LogP contribution in [-0.4, -0.2) is 0 Å². The molecule has 0 fully saturated rings. The van der Waals surface area contributed by atoms with Crippen LogP contribution in [0.5, 0.6) is 11.5 Å². The predicted octanol–water partition coefficient (Wildman–Crippen LogP) is 16.1. The fourth-order valence-corrected chi connectivity index (χ4v) is 13.3. The lowest BCUT2D eigenvalue weighted by Gasteiger charge is -2.42. The average molecular weight is 846 g/mol. The Morgan fingerprint density at radius 2 is 0.785 bits per heavy atom. The van der Waals surface area contributed by atoms with Crippen molar-refractivity contribution in [2.24, 2.45) is 0 Å². The van der Waals surface area contributed by atoms with Gasteiger partial charge in [-0.1, -0.05) is 206 Å². The Morgan fingerprint density at radius 1 is 0.323 bits per heavy atom. The molecule has 10 aromatic carbocycles. The van der Waals surface area contributed by atoms with Gasteiger partial charge in [-0.05, 0) is 104 Å². The zero-order chi connectivity index (χ0) is 42.7. The van der Waals surface area contributed by atoms with Crippen molar-refractivity contribution in [2.45, 2.75) is 20.6 Å². The molecule has 65 heavy (non-hydrogen) atoms.